The second kappa shape index (κ2) is 7.23. The van der Waals surface area contributed by atoms with Gasteiger partial charge in [0.1, 0.15) is 5.60 Å². The van der Waals surface area contributed by atoms with Crippen LogP contribution in [-0.2, 0) is 10.9 Å². The molecule has 1 aromatic rings. The predicted molar refractivity (Wildman–Crippen MR) is 88.9 cm³/mol. The molecule has 2 unspecified atom stereocenters. The van der Waals surface area contributed by atoms with Crippen LogP contribution in [0.5, 0.6) is 0 Å². The van der Waals surface area contributed by atoms with Crippen LogP contribution >= 0.6 is 0 Å². The van der Waals surface area contributed by atoms with Crippen molar-refractivity contribution < 1.29 is 22.7 Å². The van der Waals surface area contributed by atoms with Crippen LogP contribution in [0.1, 0.15) is 50.8 Å². The number of carbonyl (C=O) groups excluding carboxylic acids is 1. The lowest BCUT2D eigenvalue weighted by atomic mass is 9.85. The van der Waals surface area contributed by atoms with Crippen LogP contribution in [0.25, 0.3) is 0 Å². The van der Waals surface area contributed by atoms with Crippen LogP contribution in [0.4, 0.5) is 18.0 Å². The normalized spacial score (nSPS) is 20.3. The highest BCUT2D eigenvalue weighted by molar-refractivity contribution is 5.68. The van der Waals surface area contributed by atoms with Crippen molar-refractivity contribution in [3.05, 3.63) is 35.4 Å². The second-order valence-corrected chi connectivity index (χ2v) is 7.44. The molecular weight excluding hydrogens is 333 g/mol. The number of alkyl halides is 3. The molecule has 0 bridgehead atoms. The Labute approximate surface area is 146 Å². The molecule has 2 N–H and O–H groups in total. The third-order valence-corrected chi connectivity index (χ3v) is 4.24. The van der Waals surface area contributed by atoms with Crippen LogP contribution < -0.4 is 5.73 Å². The minimum atomic E-state index is -4.45. The van der Waals surface area contributed by atoms with E-state index in [0.717, 1.165) is 6.07 Å². The first-order chi connectivity index (χ1) is 11.5. The van der Waals surface area contributed by atoms with Gasteiger partial charge in [-0.05, 0) is 51.2 Å². The summed E-state index contributed by atoms with van der Waals surface area (Å²) in [4.78, 5) is 13.8. The van der Waals surface area contributed by atoms with Crippen LogP contribution in [0, 0.1) is 5.92 Å². The molecule has 1 heterocycles. The maximum Gasteiger partial charge on any atom is 0.416 e. The van der Waals surface area contributed by atoms with Crippen molar-refractivity contribution in [1.29, 1.82) is 0 Å². The van der Waals surface area contributed by atoms with Crippen molar-refractivity contribution in [2.75, 3.05) is 13.1 Å². The number of nitrogens with two attached hydrogens (primary N) is 1. The average Bonchev–Trinajstić information content (AvgIpc) is 2.52. The number of hydrogen-bond donors (Lipinski definition) is 1. The fourth-order valence-corrected chi connectivity index (χ4v) is 3.10. The van der Waals surface area contributed by atoms with Crippen LogP contribution in [-0.4, -0.2) is 29.7 Å². The van der Waals surface area contributed by atoms with Gasteiger partial charge >= 0.3 is 12.3 Å². The lowest BCUT2D eigenvalue weighted by molar-refractivity contribution is -0.138. The average molecular weight is 358 g/mol. The smallest absolute Gasteiger partial charge is 0.416 e. The fraction of sp³-hybridized carbons (Fsp3) is 0.611. The summed E-state index contributed by atoms with van der Waals surface area (Å²) in [5.41, 5.74) is 4.93. The minimum absolute atomic E-state index is 0.0750. The van der Waals surface area contributed by atoms with Crippen molar-refractivity contribution in [3.63, 3.8) is 0 Å². The summed E-state index contributed by atoms with van der Waals surface area (Å²) >= 11 is 0. The molecular formula is C18H25F3N2O2. The summed E-state index contributed by atoms with van der Waals surface area (Å²) < 4.78 is 45.0. The lowest BCUT2D eigenvalue weighted by Gasteiger charge is -2.37. The van der Waals surface area contributed by atoms with Crippen molar-refractivity contribution in [2.45, 2.75) is 51.4 Å². The summed E-state index contributed by atoms with van der Waals surface area (Å²) in [5.74, 6) is -0.246. The van der Waals surface area contributed by atoms with E-state index in [2.05, 4.69) is 0 Å². The molecule has 1 saturated heterocycles. The molecule has 0 aliphatic carbocycles. The van der Waals surface area contributed by atoms with Gasteiger partial charge in [0, 0.05) is 19.1 Å². The molecule has 4 nitrogen and oxygen atoms in total. The van der Waals surface area contributed by atoms with Gasteiger partial charge in [-0.3, -0.25) is 0 Å². The summed E-state index contributed by atoms with van der Waals surface area (Å²) in [5, 5.41) is 0. The first kappa shape index (κ1) is 19.6. The van der Waals surface area contributed by atoms with E-state index >= 15 is 0 Å². The third-order valence-electron chi connectivity index (χ3n) is 4.24. The standard InChI is InChI=1S/C18H25F3N2O2/c1-17(2,3)25-16(24)23-10-6-7-12(11-23)15(22)13-8-4-5-9-14(13)18(19,20)21/h4-5,8-9,12,15H,6-7,10-11,22H2,1-3H3. The monoisotopic (exact) mass is 358 g/mol. The number of piperidine rings is 1. The molecule has 1 aromatic carbocycles. The van der Waals surface area contributed by atoms with E-state index in [-0.39, 0.29) is 11.5 Å². The Bertz CT molecular complexity index is 611. The first-order valence-corrected chi connectivity index (χ1v) is 8.38. The molecule has 25 heavy (non-hydrogen) atoms. The number of rotatable bonds is 2. The zero-order valence-electron chi connectivity index (χ0n) is 14.8. The number of nitrogens with zero attached hydrogens (tertiary/aromatic N) is 1. The Morgan fingerprint density at radius 3 is 2.52 bits per heavy atom. The van der Waals surface area contributed by atoms with E-state index in [1.807, 2.05) is 0 Å². The van der Waals surface area contributed by atoms with Crippen molar-refractivity contribution in [1.82, 2.24) is 4.90 Å². The first-order valence-electron chi connectivity index (χ1n) is 8.38. The molecule has 1 aliphatic rings. The van der Waals surface area contributed by atoms with Gasteiger partial charge in [0.05, 0.1) is 5.56 Å². The Kier molecular flexibility index (Phi) is 5.66. The van der Waals surface area contributed by atoms with Gasteiger partial charge in [-0.2, -0.15) is 13.2 Å². The summed E-state index contributed by atoms with van der Waals surface area (Å²) in [6, 6.07) is 4.58. The molecule has 1 amide bonds. The molecule has 0 aromatic heterocycles. The quantitative estimate of drug-likeness (QED) is 0.855. The zero-order chi connectivity index (χ0) is 18.8. The Balaban J connectivity index is 2.15. The number of likely N-dealkylation sites (tertiary alicyclic amines) is 1. The molecule has 0 saturated carbocycles. The number of hydrogen-bond acceptors (Lipinski definition) is 3. The van der Waals surface area contributed by atoms with E-state index in [4.69, 9.17) is 10.5 Å². The molecule has 140 valence electrons. The highest BCUT2D eigenvalue weighted by Crippen LogP contribution is 2.37. The maximum atomic E-state index is 13.2. The molecule has 1 aliphatic heterocycles. The molecule has 2 rings (SSSR count). The number of ether oxygens (including phenoxy) is 1. The Hall–Kier alpha value is -1.76. The molecule has 2 atom stereocenters. The van der Waals surface area contributed by atoms with Gasteiger partial charge in [-0.1, -0.05) is 18.2 Å². The lowest BCUT2D eigenvalue weighted by Crippen LogP contribution is -2.45. The van der Waals surface area contributed by atoms with E-state index < -0.39 is 29.5 Å². The van der Waals surface area contributed by atoms with Crippen molar-refractivity contribution in [2.24, 2.45) is 11.7 Å². The van der Waals surface area contributed by atoms with E-state index in [1.165, 1.54) is 17.0 Å². The van der Waals surface area contributed by atoms with E-state index in [0.29, 0.717) is 25.9 Å². The van der Waals surface area contributed by atoms with E-state index in [9.17, 15) is 18.0 Å². The highest BCUT2D eigenvalue weighted by Gasteiger charge is 2.37. The molecule has 1 fully saturated rings. The molecule has 0 radical (unpaired) electrons. The number of benzene rings is 1. The number of halogens is 3. The highest BCUT2D eigenvalue weighted by atomic mass is 19.4. The Morgan fingerprint density at radius 2 is 1.92 bits per heavy atom. The maximum absolute atomic E-state index is 13.2. The summed E-state index contributed by atoms with van der Waals surface area (Å²) in [7, 11) is 0. The zero-order valence-corrected chi connectivity index (χ0v) is 14.8. The molecule has 7 heteroatoms. The summed E-state index contributed by atoms with van der Waals surface area (Å²) in [6.07, 6.45) is -3.54. The van der Waals surface area contributed by atoms with Gasteiger partial charge in [0.15, 0.2) is 0 Å². The topological polar surface area (TPSA) is 55.6 Å². The third kappa shape index (κ3) is 5.11. The van der Waals surface area contributed by atoms with Crippen LogP contribution in [0.2, 0.25) is 0 Å². The van der Waals surface area contributed by atoms with Gasteiger partial charge in [0.2, 0.25) is 0 Å². The summed E-state index contributed by atoms with van der Waals surface area (Å²) in [6.45, 7) is 6.15. The second-order valence-electron chi connectivity index (χ2n) is 7.44. The largest absolute Gasteiger partial charge is 0.444 e. The van der Waals surface area contributed by atoms with Crippen LogP contribution in [0.15, 0.2) is 24.3 Å². The van der Waals surface area contributed by atoms with Gasteiger partial charge in [-0.15, -0.1) is 0 Å². The van der Waals surface area contributed by atoms with Crippen molar-refractivity contribution in [3.8, 4) is 0 Å². The van der Waals surface area contributed by atoms with E-state index in [1.54, 1.807) is 26.8 Å². The minimum Gasteiger partial charge on any atom is -0.444 e. The SMILES string of the molecule is CC(C)(C)OC(=O)N1CCCC(C(N)c2ccccc2C(F)(F)F)C1. The number of amides is 1. The van der Waals surface area contributed by atoms with Gasteiger partial charge in [-0.25, -0.2) is 4.79 Å². The molecule has 0 spiro atoms. The van der Waals surface area contributed by atoms with Crippen molar-refractivity contribution >= 4 is 6.09 Å². The fourth-order valence-electron chi connectivity index (χ4n) is 3.10. The number of carbonyl (C=O) groups is 1. The Morgan fingerprint density at radius 1 is 1.28 bits per heavy atom. The predicted octanol–water partition coefficient (Wildman–Crippen LogP) is 4.35. The van der Waals surface area contributed by atoms with Crippen LogP contribution in [0.3, 0.4) is 0 Å². The van der Waals surface area contributed by atoms with Gasteiger partial charge < -0.3 is 15.4 Å². The van der Waals surface area contributed by atoms with Gasteiger partial charge in [0.25, 0.3) is 0 Å².